The summed E-state index contributed by atoms with van der Waals surface area (Å²) in [5, 5.41) is 7.34. The molecule has 1 aromatic carbocycles. The molecule has 4 nitrogen and oxygen atoms in total. The van der Waals surface area contributed by atoms with E-state index in [0.29, 0.717) is 0 Å². The van der Waals surface area contributed by atoms with Crippen molar-refractivity contribution < 1.29 is 13.5 Å². The first-order valence-corrected chi connectivity index (χ1v) is 6.79. The van der Waals surface area contributed by atoms with Crippen molar-refractivity contribution in [2.45, 2.75) is 25.5 Å². The number of halogens is 2. The number of alkyl halides is 2. The highest BCUT2D eigenvalue weighted by Gasteiger charge is 2.12. The fraction of sp³-hybridized carbons (Fsp3) is 0.400. The van der Waals surface area contributed by atoms with E-state index < -0.39 is 6.61 Å². The van der Waals surface area contributed by atoms with Crippen molar-refractivity contribution >= 4 is 0 Å². The standard InChI is InChI=1S/C15H19F2N3O/c1-18-14(7-6-12-8-9-19-20(12)2)11-4-3-5-13(10-11)21-15(16)17/h3-5,8-10,14-15,18H,6-7H2,1-2H3. The summed E-state index contributed by atoms with van der Waals surface area (Å²) in [6.07, 6.45) is 3.46. The topological polar surface area (TPSA) is 39.1 Å². The predicted octanol–water partition coefficient (Wildman–Crippen LogP) is 2.91. The summed E-state index contributed by atoms with van der Waals surface area (Å²) >= 11 is 0. The van der Waals surface area contributed by atoms with Crippen molar-refractivity contribution in [1.82, 2.24) is 15.1 Å². The van der Waals surface area contributed by atoms with E-state index in [2.05, 4.69) is 15.2 Å². The molecule has 1 heterocycles. The van der Waals surface area contributed by atoms with Crippen molar-refractivity contribution in [1.29, 1.82) is 0 Å². The highest BCUT2D eigenvalue weighted by molar-refractivity contribution is 5.30. The van der Waals surface area contributed by atoms with Gasteiger partial charge in [-0.1, -0.05) is 12.1 Å². The molecule has 0 bridgehead atoms. The van der Waals surface area contributed by atoms with E-state index in [1.54, 1.807) is 18.3 Å². The molecule has 0 spiro atoms. The molecule has 114 valence electrons. The van der Waals surface area contributed by atoms with Crippen molar-refractivity contribution in [3.8, 4) is 5.75 Å². The SMILES string of the molecule is CNC(CCc1ccnn1C)c1cccc(OC(F)F)c1. The average molecular weight is 295 g/mol. The molecule has 0 fully saturated rings. The molecule has 0 aliphatic heterocycles. The van der Waals surface area contributed by atoms with Gasteiger partial charge in [0.2, 0.25) is 0 Å². The van der Waals surface area contributed by atoms with E-state index in [1.165, 1.54) is 6.07 Å². The molecule has 0 radical (unpaired) electrons. The second-order valence-electron chi connectivity index (χ2n) is 4.78. The molecular formula is C15H19F2N3O. The monoisotopic (exact) mass is 295 g/mol. The summed E-state index contributed by atoms with van der Waals surface area (Å²) in [4.78, 5) is 0. The first-order valence-electron chi connectivity index (χ1n) is 6.79. The molecule has 0 saturated heterocycles. The quantitative estimate of drug-likeness (QED) is 0.853. The summed E-state index contributed by atoms with van der Waals surface area (Å²) in [5.74, 6) is 0.184. The van der Waals surface area contributed by atoms with Crippen LogP contribution in [0.2, 0.25) is 0 Å². The van der Waals surface area contributed by atoms with E-state index >= 15 is 0 Å². The van der Waals surface area contributed by atoms with E-state index in [0.717, 1.165) is 24.1 Å². The smallest absolute Gasteiger partial charge is 0.387 e. The Morgan fingerprint density at radius 2 is 2.14 bits per heavy atom. The molecule has 1 N–H and O–H groups in total. The summed E-state index contributed by atoms with van der Waals surface area (Å²) in [6, 6.07) is 8.86. The fourth-order valence-electron chi connectivity index (χ4n) is 2.32. The van der Waals surface area contributed by atoms with Gasteiger partial charge in [-0.15, -0.1) is 0 Å². The Labute approximate surface area is 122 Å². The van der Waals surface area contributed by atoms with Gasteiger partial charge in [0.15, 0.2) is 0 Å². The molecule has 2 rings (SSSR count). The molecule has 0 amide bonds. The Morgan fingerprint density at radius 1 is 1.33 bits per heavy atom. The Balaban J connectivity index is 2.05. The van der Waals surface area contributed by atoms with Crippen LogP contribution in [0.25, 0.3) is 0 Å². The third kappa shape index (κ3) is 4.26. The Kier molecular flexibility index (Phi) is 5.27. The normalized spacial score (nSPS) is 12.6. The Morgan fingerprint density at radius 3 is 2.76 bits per heavy atom. The number of ether oxygens (including phenoxy) is 1. The number of rotatable bonds is 7. The highest BCUT2D eigenvalue weighted by atomic mass is 19.3. The second kappa shape index (κ2) is 7.17. The maximum atomic E-state index is 12.3. The van der Waals surface area contributed by atoms with Crippen LogP contribution >= 0.6 is 0 Å². The molecule has 2 aromatic rings. The molecule has 1 atom stereocenters. The lowest BCUT2D eigenvalue weighted by Crippen LogP contribution is -2.18. The molecule has 0 aliphatic rings. The van der Waals surface area contributed by atoms with Crippen LogP contribution < -0.4 is 10.1 Å². The number of benzene rings is 1. The molecule has 0 saturated carbocycles. The largest absolute Gasteiger partial charge is 0.435 e. The fourth-order valence-corrected chi connectivity index (χ4v) is 2.32. The average Bonchev–Trinajstić information content (AvgIpc) is 2.85. The van der Waals surface area contributed by atoms with Gasteiger partial charge in [-0.25, -0.2) is 0 Å². The maximum absolute atomic E-state index is 12.3. The number of aryl methyl sites for hydroxylation is 2. The second-order valence-corrected chi connectivity index (χ2v) is 4.78. The minimum Gasteiger partial charge on any atom is -0.435 e. The molecule has 1 aromatic heterocycles. The zero-order chi connectivity index (χ0) is 15.2. The van der Waals surface area contributed by atoms with Gasteiger partial charge in [0.25, 0.3) is 0 Å². The van der Waals surface area contributed by atoms with Gasteiger partial charge in [0.1, 0.15) is 5.75 Å². The minimum atomic E-state index is -2.80. The van der Waals surface area contributed by atoms with Crippen LogP contribution in [0.1, 0.15) is 23.7 Å². The van der Waals surface area contributed by atoms with Gasteiger partial charge in [-0.05, 0) is 43.7 Å². The molecular weight excluding hydrogens is 276 g/mol. The lowest BCUT2D eigenvalue weighted by Gasteiger charge is -2.17. The third-order valence-electron chi connectivity index (χ3n) is 3.45. The lowest BCUT2D eigenvalue weighted by molar-refractivity contribution is -0.0499. The van der Waals surface area contributed by atoms with E-state index in [-0.39, 0.29) is 11.8 Å². The van der Waals surface area contributed by atoms with Crippen LogP contribution in [0.4, 0.5) is 8.78 Å². The Hall–Kier alpha value is -1.95. The third-order valence-corrected chi connectivity index (χ3v) is 3.45. The van der Waals surface area contributed by atoms with Crippen LogP contribution in [0.5, 0.6) is 5.75 Å². The van der Waals surface area contributed by atoms with Gasteiger partial charge < -0.3 is 10.1 Å². The summed E-state index contributed by atoms with van der Waals surface area (Å²) in [6.45, 7) is -2.80. The summed E-state index contributed by atoms with van der Waals surface area (Å²) in [5.41, 5.74) is 2.06. The number of aromatic nitrogens is 2. The number of nitrogens with zero attached hydrogens (tertiary/aromatic N) is 2. The number of nitrogens with one attached hydrogen (secondary N) is 1. The van der Waals surface area contributed by atoms with Gasteiger partial charge in [-0.3, -0.25) is 4.68 Å². The summed E-state index contributed by atoms with van der Waals surface area (Å²) in [7, 11) is 3.76. The van der Waals surface area contributed by atoms with E-state index in [4.69, 9.17) is 0 Å². The van der Waals surface area contributed by atoms with E-state index in [9.17, 15) is 8.78 Å². The van der Waals surface area contributed by atoms with Crippen LogP contribution in [0, 0.1) is 0 Å². The molecule has 6 heteroatoms. The van der Waals surface area contributed by atoms with Crippen molar-refractivity contribution in [3.05, 3.63) is 47.8 Å². The first-order chi connectivity index (χ1) is 10.1. The van der Waals surface area contributed by atoms with Gasteiger partial charge in [-0.2, -0.15) is 13.9 Å². The predicted molar refractivity (Wildman–Crippen MR) is 76.4 cm³/mol. The lowest BCUT2D eigenvalue weighted by atomic mass is 10.0. The number of hydrogen-bond acceptors (Lipinski definition) is 3. The van der Waals surface area contributed by atoms with Crippen LogP contribution in [0.3, 0.4) is 0 Å². The minimum absolute atomic E-state index is 0.0705. The van der Waals surface area contributed by atoms with Crippen LogP contribution in [-0.4, -0.2) is 23.4 Å². The Bertz CT molecular complexity index is 572. The summed E-state index contributed by atoms with van der Waals surface area (Å²) < 4.78 is 30.8. The molecule has 1 unspecified atom stereocenters. The van der Waals surface area contributed by atoms with Crippen molar-refractivity contribution in [2.24, 2.45) is 7.05 Å². The molecule has 21 heavy (non-hydrogen) atoms. The van der Waals surface area contributed by atoms with Crippen molar-refractivity contribution in [2.75, 3.05) is 7.05 Å². The maximum Gasteiger partial charge on any atom is 0.387 e. The first kappa shape index (κ1) is 15.4. The van der Waals surface area contributed by atoms with Gasteiger partial charge in [0.05, 0.1) is 0 Å². The van der Waals surface area contributed by atoms with Crippen LogP contribution in [-0.2, 0) is 13.5 Å². The van der Waals surface area contributed by atoms with Crippen LogP contribution in [0.15, 0.2) is 36.5 Å². The van der Waals surface area contributed by atoms with Gasteiger partial charge >= 0.3 is 6.61 Å². The molecule has 0 aliphatic carbocycles. The van der Waals surface area contributed by atoms with E-state index in [1.807, 2.05) is 30.9 Å². The highest BCUT2D eigenvalue weighted by Crippen LogP contribution is 2.23. The van der Waals surface area contributed by atoms with Crippen molar-refractivity contribution in [3.63, 3.8) is 0 Å². The zero-order valence-corrected chi connectivity index (χ0v) is 12.1. The van der Waals surface area contributed by atoms with Gasteiger partial charge in [0, 0.05) is 25.0 Å². The zero-order valence-electron chi connectivity index (χ0n) is 12.1. The number of hydrogen-bond donors (Lipinski definition) is 1.